The molecule has 0 bridgehead atoms. The molecule has 2 N–H and O–H groups in total. The van der Waals surface area contributed by atoms with E-state index in [0.717, 1.165) is 10.9 Å². The maximum atomic E-state index is 12.1. The third kappa shape index (κ3) is 3.88. The molecular weight excluding hydrogens is 284 g/mol. The van der Waals surface area contributed by atoms with Crippen LogP contribution in [-0.4, -0.2) is 33.8 Å². The lowest BCUT2D eigenvalue weighted by Crippen LogP contribution is -2.41. The van der Waals surface area contributed by atoms with E-state index < -0.39 is 17.9 Å². The van der Waals surface area contributed by atoms with Gasteiger partial charge in [0.2, 0.25) is 0 Å². The van der Waals surface area contributed by atoms with Crippen molar-refractivity contribution < 1.29 is 19.5 Å². The number of aliphatic carboxylic acids is 1. The lowest BCUT2D eigenvalue weighted by molar-refractivity contribution is -0.139. The summed E-state index contributed by atoms with van der Waals surface area (Å²) < 4.78 is 0. The van der Waals surface area contributed by atoms with E-state index in [0.29, 0.717) is 0 Å². The maximum absolute atomic E-state index is 12.1. The number of pyridine rings is 1. The van der Waals surface area contributed by atoms with Crippen LogP contribution >= 0.6 is 0 Å². The molecule has 0 aliphatic rings. The normalized spacial score (nSPS) is 11.9. The summed E-state index contributed by atoms with van der Waals surface area (Å²) in [4.78, 5) is 38.4. The Kier molecular flexibility index (Phi) is 4.83. The highest BCUT2D eigenvalue weighted by atomic mass is 16.4. The highest BCUT2D eigenvalue weighted by molar-refractivity contribution is 5.99. The van der Waals surface area contributed by atoms with Gasteiger partial charge in [-0.1, -0.05) is 18.2 Å². The van der Waals surface area contributed by atoms with Crippen LogP contribution in [0.1, 0.15) is 30.1 Å². The number of Topliss-reactive ketones (excluding diaryl/α,β-unsaturated/α-hetero) is 1. The summed E-state index contributed by atoms with van der Waals surface area (Å²) in [5.41, 5.74) is 1.04. The number of amides is 1. The highest BCUT2D eigenvalue weighted by Crippen LogP contribution is 2.13. The predicted octanol–water partition coefficient (Wildman–Crippen LogP) is 1.79. The summed E-state index contributed by atoms with van der Waals surface area (Å²) in [5.74, 6) is -1.80. The highest BCUT2D eigenvalue weighted by Gasteiger charge is 2.21. The van der Waals surface area contributed by atoms with Crippen LogP contribution in [0.5, 0.6) is 0 Å². The number of nitrogens with zero attached hydrogens (tertiary/aromatic N) is 1. The van der Waals surface area contributed by atoms with Crippen LogP contribution in [0.25, 0.3) is 10.9 Å². The van der Waals surface area contributed by atoms with Crippen LogP contribution in [-0.2, 0) is 9.59 Å². The van der Waals surface area contributed by atoms with E-state index in [1.54, 1.807) is 6.07 Å². The van der Waals surface area contributed by atoms with E-state index in [2.05, 4.69) is 10.3 Å². The van der Waals surface area contributed by atoms with Crippen LogP contribution in [0, 0.1) is 0 Å². The van der Waals surface area contributed by atoms with Crippen LogP contribution in [0.2, 0.25) is 0 Å². The molecule has 0 spiro atoms. The molecule has 1 aromatic carbocycles. The number of rotatable bonds is 6. The molecule has 0 saturated carbocycles. The first-order valence-corrected chi connectivity index (χ1v) is 6.85. The lowest BCUT2D eigenvalue weighted by atomic mass is 10.1. The molecular formula is C16H16N2O4. The fourth-order valence-electron chi connectivity index (χ4n) is 2.04. The number of hydrogen-bond acceptors (Lipinski definition) is 4. The number of aromatic nitrogens is 1. The van der Waals surface area contributed by atoms with Gasteiger partial charge in [0.15, 0.2) is 0 Å². The molecule has 1 atom stereocenters. The SMILES string of the molecule is CC(=O)CC[C@@H](NC(=O)c1cnc2ccccc2c1)C(=O)O. The van der Waals surface area contributed by atoms with Crippen LogP contribution in [0.15, 0.2) is 36.5 Å². The first kappa shape index (κ1) is 15.6. The minimum Gasteiger partial charge on any atom is -0.480 e. The van der Waals surface area contributed by atoms with Crippen LogP contribution in [0.3, 0.4) is 0 Å². The Morgan fingerprint density at radius 3 is 2.68 bits per heavy atom. The number of fused-ring (bicyclic) bond motifs is 1. The van der Waals surface area contributed by atoms with Gasteiger partial charge in [0, 0.05) is 18.0 Å². The molecule has 6 nitrogen and oxygen atoms in total. The molecule has 1 aromatic heterocycles. The number of hydrogen-bond donors (Lipinski definition) is 2. The quantitative estimate of drug-likeness (QED) is 0.847. The second kappa shape index (κ2) is 6.80. The van der Waals surface area contributed by atoms with Crippen molar-refractivity contribution in [2.45, 2.75) is 25.8 Å². The van der Waals surface area contributed by atoms with Gasteiger partial charge in [-0.3, -0.25) is 9.78 Å². The zero-order chi connectivity index (χ0) is 16.1. The molecule has 0 aliphatic carbocycles. The number of nitrogens with one attached hydrogen (secondary N) is 1. The Balaban J connectivity index is 2.14. The van der Waals surface area contributed by atoms with Crippen molar-refractivity contribution in [3.05, 3.63) is 42.1 Å². The van der Waals surface area contributed by atoms with Gasteiger partial charge in [0.1, 0.15) is 11.8 Å². The van der Waals surface area contributed by atoms with Gasteiger partial charge in [-0.05, 0) is 25.5 Å². The largest absolute Gasteiger partial charge is 0.480 e. The van der Waals surface area contributed by atoms with Gasteiger partial charge in [-0.25, -0.2) is 4.79 Å². The van der Waals surface area contributed by atoms with Gasteiger partial charge in [-0.2, -0.15) is 0 Å². The minimum atomic E-state index is -1.16. The number of carboxylic acids is 1. The summed E-state index contributed by atoms with van der Waals surface area (Å²) in [6.07, 6.45) is 1.58. The minimum absolute atomic E-state index is 0.0669. The summed E-state index contributed by atoms with van der Waals surface area (Å²) in [6.45, 7) is 1.38. The predicted molar refractivity (Wildman–Crippen MR) is 80.5 cm³/mol. The number of carbonyl (C=O) groups excluding carboxylic acids is 2. The van der Waals surface area contributed by atoms with E-state index in [9.17, 15) is 14.4 Å². The molecule has 2 rings (SSSR count). The van der Waals surface area contributed by atoms with Gasteiger partial charge in [-0.15, -0.1) is 0 Å². The van der Waals surface area contributed by atoms with E-state index in [1.165, 1.54) is 13.1 Å². The average molecular weight is 300 g/mol. The summed E-state index contributed by atoms with van der Waals surface area (Å²) in [5, 5.41) is 12.3. The fraction of sp³-hybridized carbons (Fsp3) is 0.250. The maximum Gasteiger partial charge on any atom is 0.326 e. The first-order valence-electron chi connectivity index (χ1n) is 6.85. The van der Waals surface area contributed by atoms with Crippen LogP contribution < -0.4 is 5.32 Å². The fourth-order valence-corrected chi connectivity index (χ4v) is 2.04. The summed E-state index contributed by atoms with van der Waals surface area (Å²) >= 11 is 0. The van der Waals surface area contributed by atoms with Crippen molar-refractivity contribution in [3.8, 4) is 0 Å². The molecule has 2 aromatic rings. The molecule has 0 aliphatic heterocycles. The Morgan fingerprint density at radius 2 is 2.00 bits per heavy atom. The Hall–Kier alpha value is -2.76. The van der Waals surface area contributed by atoms with Crippen LogP contribution in [0.4, 0.5) is 0 Å². The zero-order valence-corrected chi connectivity index (χ0v) is 12.1. The Morgan fingerprint density at radius 1 is 1.27 bits per heavy atom. The van der Waals surface area contributed by atoms with Gasteiger partial charge in [0.05, 0.1) is 11.1 Å². The monoisotopic (exact) mass is 300 g/mol. The Bertz CT molecular complexity index is 727. The second-order valence-electron chi connectivity index (χ2n) is 5.02. The number of para-hydroxylation sites is 1. The molecule has 0 unspecified atom stereocenters. The molecule has 0 fully saturated rings. The molecule has 1 amide bonds. The summed E-state index contributed by atoms with van der Waals surface area (Å²) in [7, 11) is 0. The Labute approximate surface area is 127 Å². The van der Waals surface area contributed by atoms with Gasteiger partial charge >= 0.3 is 5.97 Å². The van der Waals surface area contributed by atoms with Crippen molar-refractivity contribution in [2.75, 3.05) is 0 Å². The first-order chi connectivity index (χ1) is 10.5. The van der Waals surface area contributed by atoms with E-state index in [4.69, 9.17) is 5.11 Å². The summed E-state index contributed by atoms with van der Waals surface area (Å²) in [6, 6.07) is 7.88. The molecule has 0 saturated heterocycles. The van der Waals surface area contributed by atoms with Gasteiger partial charge < -0.3 is 15.2 Å². The van der Waals surface area contributed by atoms with E-state index >= 15 is 0 Å². The number of carboxylic acid groups (broad SMARTS) is 1. The lowest BCUT2D eigenvalue weighted by Gasteiger charge is -2.13. The van der Waals surface area contributed by atoms with E-state index in [1.807, 2.05) is 24.3 Å². The number of carbonyl (C=O) groups is 3. The smallest absolute Gasteiger partial charge is 0.326 e. The van der Waals surface area contributed by atoms with Crippen molar-refractivity contribution >= 4 is 28.6 Å². The number of ketones is 1. The van der Waals surface area contributed by atoms with Gasteiger partial charge in [0.25, 0.3) is 5.91 Å². The topological polar surface area (TPSA) is 96.4 Å². The molecule has 0 radical (unpaired) electrons. The number of benzene rings is 1. The third-order valence-corrected chi connectivity index (χ3v) is 3.24. The molecule has 6 heteroatoms. The van der Waals surface area contributed by atoms with Crippen molar-refractivity contribution in [1.29, 1.82) is 0 Å². The molecule has 1 heterocycles. The van der Waals surface area contributed by atoms with Crippen molar-refractivity contribution in [1.82, 2.24) is 10.3 Å². The average Bonchev–Trinajstić information content (AvgIpc) is 2.50. The van der Waals surface area contributed by atoms with E-state index in [-0.39, 0.29) is 24.2 Å². The third-order valence-electron chi connectivity index (χ3n) is 3.24. The van der Waals surface area contributed by atoms with Crippen molar-refractivity contribution in [3.63, 3.8) is 0 Å². The van der Waals surface area contributed by atoms with Crippen molar-refractivity contribution in [2.24, 2.45) is 0 Å². The standard InChI is InChI=1S/C16H16N2O4/c1-10(19)6-7-14(16(21)22)18-15(20)12-8-11-4-2-3-5-13(11)17-9-12/h2-5,8-9,14H,6-7H2,1H3,(H,18,20)(H,21,22)/t14-/m1/s1. The molecule has 114 valence electrons. The zero-order valence-electron chi connectivity index (χ0n) is 12.1. The molecule has 22 heavy (non-hydrogen) atoms. The second-order valence-corrected chi connectivity index (χ2v) is 5.02.